The molecule has 2 aromatic rings. The van der Waals surface area contributed by atoms with Crippen molar-refractivity contribution in [3.63, 3.8) is 0 Å². The zero-order chi connectivity index (χ0) is 14.7. The Hall–Kier alpha value is -2.29. The van der Waals surface area contributed by atoms with Gasteiger partial charge >= 0.3 is 0 Å². The predicted molar refractivity (Wildman–Crippen MR) is 82.1 cm³/mol. The number of hydrogen-bond donors (Lipinski definition) is 1. The first kappa shape index (κ1) is 13.7. The molecule has 2 aromatic carbocycles. The summed E-state index contributed by atoms with van der Waals surface area (Å²) in [5.74, 6) is 1.50. The molecule has 2 atom stereocenters. The van der Waals surface area contributed by atoms with Crippen LogP contribution in [0.3, 0.4) is 0 Å². The first-order valence-corrected chi connectivity index (χ1v) is 7.23. The molecule has 1 aliphatic rings. The third kappa shape index (κ3) is 3.24. The van der Waals surface area contributed by atoms with Crippen molar-refractivity contribution in [2.24, 2.45) is 5.92 Å². The Balaban J connectivity index is 1.51. The van der Waals surface area contributed by atoms with Crippen LogP contribution in [-0.4, -0.2) is 13.0 Å². The van der Waals surface area contributed by atoms with Crippen LogP contribution < -0.4 is 10.1 Å². The standard InChI is InChI=1S/C18H19NO2/c1-21-15-9-7-13(8-10-15)12-19-18(20)17-11-16(17)14-5-3-2-4-6-14/h2-10,16-17H,11-12H2,1H3,(H,19,20). The monoisotopic (exact) mass is 281 g/mol. The maximum Gasteiger partial charge on any atom is 0.224 e. The summed E-state index contributed by atoms with van der Waals surface area (Å²) in [6, 6.07) is 18.0. The van der Waals surface area contributed by atoms with Crippen LogP contribution in [0.5, 0.6) is 5.75 Å². The van der Waals surface area contributed by atoms with E-state index in [1.54, 1.807) is 7.11 Å². The summed E-state index contributed by atoms with van der Waals surface area (Å²) in [4.78, 5) is 12.1. The molecule has 0 bridgehead atoms. The molecule has 0 aliphatic heterocycles. The molecule has 3 rings (SSSR count). The summed E-state index contributed by atoms with van der Waals surface area (Å²) in [6.07, 6.45) is 0.957. The minimum absolute atomic E-state index is 0.130. The van der Waals surface area contributed by atoms with Crippen LogP contribution in [0.2, 0.25) is 0 Å². The second-order valence-corrected chi connectivity index (χ2v) is 5.43. The van der Waals surface area contributed by atoms with E-state index in [1.165, 1.54) is 5.56 Å². The van der Waals surface area contributed by atoms with Crippen molar-refractivity contribution in [1.29, 1.82) is 0 Å². The molecule has 0 saturated heterocycles. The fourth-order valence-corrected chi connectivity index (χ4v) is 2.62. The first-order valence-electron chi connectivity index (χ1n) is 7.23. The van der Waals surface area contributed by atoms with Crippen LogP contribution >= 0.6 is 0 Å². The van der Waals surface area contributed by atoms with Crippen molar-refractivity contribution in [1.82, 2.24) is 5.32 Å². The number of carbonyl (C=O) groups is 1. The maximum absolute atomic E-state index is 12.1. The Bertz CT molecular complexity index is 607. The van der Waals surface area contributed by atoms with E-state index in [2.05, 4.69) is 17.4 Å². The number of nitrogens with one attached hydrogen (secondary N) is 1. The van der Waals surface area contributed by atoms with Gasteiger partial charge in [0.05, 0.1) is 7.11 Å². The minimum Gasteiger partial charge on any atom is -0.497 e. The number of hydrogen-bond acceptors (Lipinski definition) is 2. The molecule has 1 fully saturated rings. The molecular formula is C18H19NO2. The topological polar surface area (TPSA) is 38.3 Å². The van der Waals surface area contributed by atoms with Gasteiger partial charge in [-0.2, -0.15) is 0 Å². The molecule has 0 radical (unpaired) electrons. The van der Waals surface area contributed by atoms with Crippen LogP contribution in [0.1, 0.15) is 23.5 Å². The Morgan fingerprint density at radius 2 is 1.86 bits per heavy atom. The third-order valence-corrected chi connectivity index (χ3v) is 3.98. The van der Waals surface area contributed by atoms with Gasteiger partial charge in [0.25, 0.3) is 0 Å². The highest BCUT2D eigenvalue weighted by molar-refractivity contribution is 5.82. The number of ether oxygens (including phenoxy) is 1. The van der Waals surface area contributed by atoms with Crippen LogP contribution in [0.25, 0.3) is 0 Å². The fourth-order valence-electron chi connectivity index (χ4n) is 2.62. The van der Waals surface area contributed by atoms with Gasteiger partial charge in [0.2, 0.25) is 5.91 Å². The van der Waals surface area contributed by atoms with E-state index in [9.17, 15) is 4.79 Å². The van der Waals surface area contributed by atoms with Gasteiger partial charge in [-0.1, -0.05) is 42.5 Å². The van der Waals surface area contributed by atoms with Crippen LogP contribution in [0.15, 0.2) is 54.6 Å². The van der Waals surface area contributed by atoms with Crippen molar-refractivity contribution in [2.75, 3.05) is 7.11 Å². The lowest BCUT2D eigenvalue weighted by Gasteiger charge is -2.06. The highest BCUT2D eigenvalue weighted by atomic mass is 16.5. The van der Waals surface area contributed by atoms with Gasteiger partial charge < -0.3 is 10.1 Å². The normalized spacial score (nSPS) is 19.9. The molecule has 1 N–H and O–H groups in total. The largest absolute Gasteiger partial charge is 0.497 e. The summed E-state index contributed by atoms with van der Waals surface area (Å²) >= 11 is 0. The average molecular weight is 281 g/mol. The van der Waals surface area contributed by atoms with Crippen molar-refractivity contribution in [3.8, 4) is 5.75 Å². The van der Waals surface area contributed by atoms with Crippen molar-refractivity contribution >= 4 is 5.91 Å². The SMILES string of the molecule is COc1ccc(CNC(=O)C2CC2c2ccccc2)cc1. The number of carbonyl (C=O) groups excluding carboxylic acids is 1. The summed E-state index contributed by atoms with van der Waals surface area (Å²) in [6.45, 7) is 0.570. The third-order valence-electron chi connectivity index (χ3n) is 3.98. The quantitative estimate of drug-likeness (QED) is 0.914. The van der Waals surface area contributed by atoms with Crippen molar-refractivity contribution < 1.29 is 9.53 Å². The molecule has 21 heavy (non-hydrogen) atoms. The van der Waals surface area contributed by atoms with Crippen LogP contribution in [-0.2, 0) is 11.3 Å². The van der Waals surface area contributed by atoms with Gasteiger partial charge in [0.1, 0.15) is 5.75 Å². The number of amides is 1. The molecule has 2 unspecified atom stereocenters. The van der Waals surface area contributed by atoms with E-state index < -0.39 is 0 Å². The molecule has 0 spiro atoms. The lowest BCUT2D eigenvalue weighted by atomic mass is 10.1. The molecular weight excluding hydrogens is 262 g/mol. The molecule has 0 aromatic heterocycles. The fraction of sp³-hybridized carbons (Fsp3) is 0.278. The number of benzene rings is 2. The minimum atomic E-state index is 0.130. The molecule has 3 heteroatoms. The second kappa shape index (κ2) is 6.00. The van der Waals surface area contributed by atoms with Gasteiger partial charge in [-0.25, -0.2) is 0 Å². The van der Waals surface area contributed by atoms with Gasteiger partial charge in [-0.05, 0) is 35.6 Å². The summed E-state index contributed by atoms with van der Waals surface area (Å²) < 4.78 is 5.12. The van der Waals surface area contributed by atoms with Crippen molar-refractivity contribution in [3.05, 3.63) is 65.7 Å². The van der Waals surface area contributed by atoms with Gasteiger partial charge in [-0.15, -0.1) is 0 Å². The van der Waals surface area contributed by atoms with E-state index in [0.29, 0.717) is 12.5 Å². The average Bonchev–Trinajstić information content (AvgIpc) is 3.35. The number of rotatable bonds is 5. The Morgan fingerprint density at radius 3 is 2.52 bits per heavy atom. The molecule has 3 nitrogen and oxygen atoms in total. The van der Waals surface area contributed by atoms with E-state index in [-0.39, 0.29) is 11.8 Å². The molecule has 108 valence electrons. The predicted octanol–water partition coefficient (Wildman–Crippen LogP) is 3.12. The summed E-state index contributed by atoms with van der Waals surface area (Å²) in [5, 5.41) is 3.02. The Kier molecular flexibility index (Phi) is 3.91. The smallest absolute Gasteiger partial charge is 0.224 e. The van der Waals surface area contributed by atoms with Crippen LogP contribution in [0, 0.1) is 5.92 Å². The highest BCUT2D eigenvalue weighted by Gasteiger charge is 2.43. The van der Waals surface area contributed by atoms with E-state index in [0.717, 1.165) is 17.7 Å². The first-order chi connectivity index (χ1) is 10.3. The highest BCUT2D eigenvalue weighted by Crippen LogP contribution is 2.47. The molecule has 1 amide bonds. The van der Waals surface area contributed by atoms with Gasteiger partial charge in [0.15, 0.2) is 0 Å². The van der Waals surface area contributed by atoms with Crippen LogP contribution in [0.4, 0.5) is 0 Å². The lowest BCUT2D eigenvalue weighted by molar-refractivity contribution is -0.122. The number of methoxy groups -OCH3 is 1. The van der Waals surface area contributed by atoms with E-state index in [4.69, 9.17) is 4.74 Å². The Morgan fingerprint density at radius 1 is 1.14 bits per heavy atom. The second-order valence-electron chi connectivity index (χ2n) is 5.43. The maximum atomic E-state index is 12.1. The van der Waals surface area contributed by atoms with Gasteiger partial charge in [0, 0.05) is 12.5 Å². The molecule has 1 saturated carbocycles. The lowest BCUT2D eigenvalue weighted by Crippen LogP contribution is -2.24. The zero-order valence-corrected chi connectivity index (χ0v) is 12.1. The van der Waals surface area contributed by atoms with E-state index >= 15 is 0 Å². The van der Waals surface area contributed by atoms with Crippen molar-refractivity contribution in [2.45, 2.75) is 18.9 Å². The molecule has 1 aliphatic carbocycles. The molecule has 0 heterocycles. The van der Waals surface area contributed by atoms with Gasteiger partial charge in [-0.3, -0.25) is 4.79 Å². The summed E-state index contributed by atoms with van der Waals surface area (Å²) in [7, 11) is 1.65. The van der Waals surface area contributed by atoms with E-state index in [1.807, 2.05) is 42.5 Å². The Labute approximate surface area is 124 Å². The zero-order valence-electron chi connectivity index (χ0n) is 12.1. The summed E-state index contributed by atoms with van der Waals surface area (Å²) in [5.41, 5.74) is 2.35.